The number of rotatable bonds is 4. The van der Waals surface area contributed by atoms with Crippen LogP contribution in [0.15, 0.2) is 58.1 Å². The van der Waals surface area contributed by atoms with Crippen molar-refractivity contribution in [1.82, 2.24) is 15.0 Å². The lowest BCUT2D eigenvalue weighted by Crippen LogP contribution is -2.18. The highest BCUT2D eigenvalue weighted by Crippen LogP contribution is 2.26. The van der Waals surface area contributed by atoms with Crippen LogP contribution in [0.2, 0.25) is 0 Å². The Labute approximate surface area is 177 Å². The van der Waals surface area contributed by atoms with Gasteiger partial charge in [0.15, 0.2) is 15.4 Å². The van der Waals surface area contributed by atoms with Gasteiger partial charge in [0.1, 0.15) is 23.0 Å². The van der Waals surface area contributed by atoms with E-state index in [1.54, 1.807) is 36.7 Å². The number of aromatic nitrogens is 3. The summed E-state index contributed by atoms with van der Waals surface area (Å²) in [7, 11) is -3.73. The molecule has 31 heavy (non-hydrogen) atoms. The van der Waals surface area contributed by atoms with Crippen molar-refractivity contribution in [3.8, 4) is 17.5 Å². The molecule has 4 aromatic rings. The Bertz CT molecular complexity index is 1490. The Balaban J connectivity index is 1.68. The highest BCUT2D eigenvalue weighted by atomic mass is 32.2. The van der Waals surface area contributed by atoms with Crippen molar-refractivity contribution >= 4 is 32.5 Å². The number of oxazole rings is 1. The normalized spacial score (nSPS) is 11.3. The zero-order valence-electron chi connectivity index (χ0n) is 16.4. The van der Waals surface area contributed by atoms with Gasteiger partial charge >= 0.3 is 0 Å². The average molecular weight is 433 g/mol. The predicted molar refractivity (Wildman–Crippen MR) is 112 cm³/mol. The van der Waals surface area contributed by atoms with Crippen LogP contribution >= 0.6 is 0 Å². The lowest BCUT2D eigenvalue weighted by molar-refractivity contribution is 0.101. The number of nitrogens with one attached hydrogen (secondary N) is 1. The molecule has 0 bridgehead atoms. The third kappa shape index (κ3) is 4.12. The predicted octanol–water partition coefficient (Wildman–Crippen LogP) is 3.12. The summed E-state index contributed by atoms with van der Waals surface area (Å²) in [5.74, 6) is -0.374. The van der Waals surface area contributed by atoms with Gasteiger partial charge in [0.05, 0.1) is 10.5 Å². The van der Waals surface area contributed by atoms with Crippen molar-refractivity contribution in [3.05, 3.63) is 65.7 Å². The number of nitrogens with zero attached hydrogens (tertiary/aromatic N) is 4. The van der Waals surface area contributed by atoms with E-state index in [9.17, 15) is 13.2 Å². The number of hydrogen-bond donors (Lipinski definition) is 1. The first-order valence-corrected chi connectivity index (χ1v) is 10.9. The van der Waals surface area contributed by atoms with E-state index in [1.165, 1.54) is 12.1 Å². The molecule has 0 atom stereocenters. The average Bonchev–Trinajstić information content (AvgIpc) is 3.16. The standard InChI is InChI=1S/C21H15N5O4S/c1-12-7-13(11-23-10-12)21-26-16-8-14(3-5-17(16)30-21)25-20(27)19-18(31(2,28)29)6-4-15(9-22)24-19/h3-8,10-11H,1-2H3,(H,25,27). The summed E-state index contributed by atoms with van der Waals surface area (Å²) in [6.45, 7) is 1.91. The third-order valence-corrected chi connectivity index (χ3v) is 5.48. The Morgan fingerprint density at radius 2 is 1.94 bits per heavy atom. The molecule has 4 rings (SSSR count). The molecule has 1 N–H and O–H groups in total. The quantitative estimate of drug-likeness (QED) is 0.518. The second kappa shape index (κ2) is 7.62. The monoisotopic (exact) mass is 433 g/mol. The summed E-state index contributed by atoms with van der Waals surface area (Å²) < 4.78 is 29.8. The molecular formula is C21H15N5O4S. The fourth-order valence-corrected chi connectivity index (χ4v) is 3.77. The molecule has 9 nitrogen and oxygen atoms in total. The number of aryl methyl sites for hydroxylation is 1. The molecule has 1 amide bonds. The van der Waals surface area contributed by atoms with Crippen molar-refractivity contribution < 1.29 is 17.6 Å². The lowest BCUT2D eigenvalue weighted by atomic mass is 10.2. The van der Waals surface area contributed by atoms with Crippen molar-refractivity contribution in [2.75, 3.05) is 11.6 Å². The second-order valence-electron chi connectivity index (χ2n) is 6.83. The summed E-state index contributed by atoms with van der Waals surface area (Å²) >= 11 is 0. The van der Waals surface area contributed by atoms with E-state index in [2.05, 4.69) is 20.3 Å². The Morgan fingerprint density at radius 1 is 1.13 bits per heavy atom. The van der Waals surface area contributed by atoms with Gasteiger partial charge < -0.3 is 9.73 Å². The summed E-state index contributed by atoms with van der Waals surface area (Å²) in [6, 6.07) is 11.0. The van der Waals surface area contributed by atoms with Crippen LogP contribution in [0.3, 0.4) is 0 Å². The number of carbonyl (C=O) groups excluding carboxylic acids is 1. The molecule has 0 unspecified atom stereocenters. The van der Waals surface area contributed by atoms with Crippen LogP contribution < -0.4 is 5.32 Å². The molecule has 1 aromatic carbocycles. The molecular weight excluding hydrogens is 418 g/mol. The number of hydrogen-bond acceptors (Lipinski definition) is 8. The van der Waals surface area contributed by atoms with Crippen LogP contribution in [0.4, 0.5) is 5.69 Å². The van der Waals surface area contributed by atoms with Crippen LogP contribution in [0, 0.1) is 18.3 Å². The lowest BCUT2D eigenvalue weighted by Gasteiger charge is -2.08. The number of amides is 1. The van der Waals surface area contributed by atoms with Gasteiger partial charge in [-0.15, -0.1) is 0 Å². The fourth-order valence-electron chi connectivity index (χ4n) is 2.96. The van der Waals surface area contributed by atoms with E-state index in [4.69, 9.17) is 9.68 Å². The van der Waals surface area contributed by atoms with Gasteiger partial charge in [-0.05, 0) is 48.9 Å². The summed E-state index contributed by atoms with van der Waals surface area (Å²) in [6.07, 6.45) is 4.33. The zero-order valence-corrected chi connectivity index (χ0v) is 17.3. The van der Waals surface area contributed by atoms with Gasteiger partial charge in [-0.2, -0.15) is 5.26 Å². The minimum absolute atomic E-state index is 0.0686. The van der Waals surface area contributed by atoms with Gasteiger partial charge in [0, 0.05) is 24.3 Å². The molecule has 0 aliphatic carbocycles. The van der Waals surface area contributed by atoms with Gasteiger partial charge in [0.25, 0.3) is 5.91 Å². The number of carbonyl (C=O) groups is 1. The molecule has 3 aromatic heterocycles. The van der Waals surface area contributed by atoms with E-state index in [-0.39, 0.29) is 16.3 Å². The molecule has 0 spiro atoms. The maximum absolute atomic E-state index is 12.8. The number of nitriles is 1. The second-order valence-corrected chi connectivity index (χ2v) is 8.82. The van der Waals surface area contributed by atoms with Crippen molar-refractivity contribution in [1.29, 1.82) is 5.26 Å². The van der Waals surface area contributed by atoms with Gasteiger partial charge in [0.2, 0.25) is 5.89 Å². The van der Waals surface area contributed by atoms with Crippen LogP contribution in [0.25, 0.3) is 22.6 Å². The SMILES string of the molecule is Cc1cncc(-c2nc3cc(NC(=O)c4nc(C#N)ccc4S(C)(=O)=O)ccc3o2)c1. The van der Waals surface area contributed by atoms with Gasteiger partial charge in [-0.3, -0.25) is 9.78 Å². The van der Waals surface area contributed by atoms with Gasteiger partial charge in [-0.1, -0.05) is 0 Å². The molecule has 0 aliphatic rings. The number of anilines is 1. The van der Waals surface area contributed by atoms with Crippen LogP contribution in [-0.4, -0.2) is 35.5 Å². The largest absolute Gasteiger partial charge is 0.436 e. The third-order valence-electron chi connectivity index (χ3n) is 4.35. The minimum Gasteiger partial charge on any atom is -0.436 e. The maximum atomic E-state index is 12.8. The minimum atomic E-state index is -3.73. The maximum Gasteiger partial charge on any atom is 0.275 e. The number of sulfone groups is 1. The Morgan fingerprint density at radius 3 is 2.65 bits per heavy atom. The van der Waals surface area contributed by atoms with Crippen molar-refractivity contribution in [2.45, 2.75) is 11.8 Å². The topological polar surface area (TPSA) is 139 Å². The first kappa shape index (κ1) is 20.2. The number of benzene rings is 1. The van der Waals surface area contributed by atoms with E-state index in [1.807, 2.05) is 13.0 Å². The van der Waals surface area contributed by atoms with E-state index >= 15 is 0 Å². The Kier molecular flexibility index (Phi) is 4.96. The van der Waals surface area contributed by atoms with Crippen LogP contribution in [0.1, 0.15) is 21.7 Å². The molecule has 10 heteroatoms. The van der Waals surface area contributed by atoms with E-state index in [0.29, 0.717) is 22.7 Å². The zero-order chi connectivity index (χ0) is 22.2. The van der Waals surface area contributed by atoms with Crippen LogP contribution in [-0.2, 0) is 9.84 Å². The molecule has 0 aliphatic heterocycles. The highest BCUT2D eigenvalue weighted by Gasteiger charge is 2.22. The van der Waals surface area contributed by atoms with E-state index in [0.717, 1.165) is 17.4 Å². The Hall–Kier alpha value is -4.10. The summed E-state index contributed by atoms with van der Waals surface area (Å²) in [5.41, 5.74) is 2.63. The first-order chi connectivity index (χ1) is 14.7. The fraction of sp³-hybridized carbons (Fsp3) is 0.0952. The molecule has 3 heterocycles. The number of pyridine rings is 2. The van der Waals surface area contributed by atoms with Crippen molar-refractivity contribution in [3.63, 3.8) is 0 Å². The molecule has 0 saturated heterocycles. The summed E-state index contributed by atoms with van der Waals surface area (Å²) in [5, 5.41) is 11.6. The molecule has 0 saturated carbocycles. The van der Waals surface area contributed by atoms with E-state index < -0.39 is 15.7 Å². The van der Waals surface area contributed by atoms with Gasteiger partial charge in [-0.25, -0.2) is 18.4 Å². The molecule has 154 valence electrons. The highest BCUT2D eigenvalue weighted by molar-refractivity contribution is 7.90. The summed E-state index contributed by atoms with van der Waals surface area (Å²) in [4.78, 5) is 24.9. The van der Waals surface area contributed by atoms with Crippen LogP contribution in [0.5, 0.6) is 0 Å². The molecule has 0 fully saturated rings. The molecule has 0 radical (unpaired) electrons. The smallest absolute Gasteiger partial charge is 0.275 e. The number of fused-ring (bicyclic) bond motifs is 1. The first-order valence-electron chi connectivity index (χ1n) is 9.00. The van der Waals surface area contributed by atoms with Crippen molar-refractivity contribution in [2.24, 2.45) is 0 Å².